The zero-order valence-corrected chi connectivity index (χ0v) is 11.9. The van der Waals surface area contributed by atoms with E-state index in [1.165, 1.54) is 6.42 Å². The van der Waals surface area contributed by atoms with Gasteiger partial charge in [-0.05, 0) is 40.3 Å². The van der Waals surface area contributed by atoms with Crippen LogP contribution < -0.4 is 5.32 Å². The van der Waals surface area contributed by atoms with Crippen LogP contribution in [-0.4, -0.2) is 48.8 Å². The average Bonchev–Trinajstić information content (AvgIpc) is 2.28. The molecule has 0 aliphatic heterocycles. The highest BCUT2D eigenvalue weighted by Gasteiger charge is 2.25. The Morgan fingerprint density at radius 1 is 1.38 bits per heavy atom. The Bertz CT molecular complexity index is 181. The third-order valence-corrected chi connectivity index (χ3v) is 3.75. The summed E-state index contributed by atoms with van der Waals surface area (Å²) in [5, 5.41) is 12.6. The summed E-state index contributed by atoms with van der Waals surface area (Å²) in [5.74, 6) is 0.738. The van der Waals surface area contributed by atoms with E-state index in [4.69, 9.17) is 0 Å². The molecule has 2 N–H and O–H groups in total. The molecule has 3 atom stereocenters. The maximum absolute atomic E-state index is 9.36. The standard InChI is InChI=1S/C13H30N2O/c1-7-11(2)9-15(6)12(3)8-13(4,10-16)14-5/h11-12,14,16H,7-10H2,1-6H3. The average molecular weight is 230 g/mol. The molecular formula is C13H30N2O. The van der Waals surface area contributed by atoms with Crippen LogP contribution in [0.5, 0.6) is 0 Å². The van der Waals surface area contributed by atoms with E-state index < -0.39 is 0 Å². The lowest BCUT2D eigenvalue weighted by molar-refractivity contribution is 0.125. The Morgan fingerprint density at radius 2 is 1.94 bits per heavy atom. The SMILES string of the molecule is CCC(C)CN(C)C(C)CC(C)(CO)NC. The molecule has 0 amide bonds. The highest BCUT2D eigenvalue weighted by atomic mass is 16.3. The molecule has 0 saturated heterocycles. The van der Waals surface area contributed by atoms with Crippen molar-refractivity contribution in [1.29, 1.82) is 0 Å². The van der Waals surface area contributed by atoms with Crippen LogP contribution in [0.25, 0.3) is 0 Å². The zero-order valence-electron chi connectivity index (χ0n) is 11.9. The van der Waals surface area contributed by atoms with Gasteiger partial charge in [0.15, 0.2) is 0 Å². The minimum Gasteiger partial charge on any atom is -0.394 e. The van der Waals surface area contributed by atoms with E-state index in [-0.39, 0.29) is 12.1 Å². The fourth-order valence-corrected chi connectivity index (χ4v) is 1.85. The van der Waals surface area contributed by atoms with Crippen molar-refractivity contribution in [3.05, 3.63) is 0 Å². The monoisotopic (exact) mass is 230 g/mol. The molecule has 0 aromatic rings. The molecule has 3 heteroatoms. The predicted molar refractivity (Wildman–Crippen MR) is 70.7 cm³/mol. The van der Waals surface area contributed by atoms with E-state index in [9.17, 15) is 5.11 Å². The molecule has 0 fully saturated rings. The molecular weight excluding hydrogens is 200 g/mol. The second-order valence-electron chi connectivity index (χ2n) is 5.47. The lowest BCUT2D eigenvalue weighted by Gasteiger charge is -2.35. The molecule has 3 unspecified atom stereocenters. The highest BCUT2D eigenvalue weighted by molar-refractivity contribution is 4.85. The first-order valence-corrected chi connectivity index (χ1v) is 6.38. The van der Waals surface area contributed by atoms with Crippen molar-refractivity contribution in [3.63, 3.8) is 0 Å². The third kappa shape index (κ3) is 5.28. The van der Waals surface area contributed by atoms with Gasteiger partial charge in [-0.1, -0.05) is 20.3 Å². The molecule has 16 heavy (non-hydrogen) atoms. The van der Waals surface area contributed by atoms with E-state index in [0.29, 0.717) is 6.04 Å². The molecule has 98 valence electrons. The maximum atomic E-state index is 9.36. The molecule has 0 aliphatic rings. The molecule has 0 rings (SSSR count). The molecule has 0 saturated carbocycles. The largest absolute Gasteiger partial charge is 0.394 e. The fraction of sp³-hybridized carbons (Fsp3) is 1.00. The molecule has 0 aliphatic carbocycles. The number of hydrogen-bond acceptors (Lipinski definition) is 3. The van der Waals surface area contributed by atoms with E-state index in [2.05, 4.69) is 45.0 Å². The van der Waals surface area contributed by atoms with Gasteiger partial charge in [0, 0.05) is 18.1 Å². The van der Waals surface area contributed by atoms with Crippen molar-refractivity contribution in [2.75, 3.05) is 27.2 Å². The van der Waals surface area contributed by atoms with Crippen LogP contribution in [0.15, 0.2) is 0 Å². The van der Waals surface area contributed by atoms with Crippen LogP contribution >= 0.6 is 0 Å². The first kappa shape index (κ1) is 15.9. The third-order valence-electron chi connectivity index (χ3n) is 3.75. The molecule has 0 spiro atoms. The molecule has 0 bridgehead atoms. The van der Waals surface area contributed by atoms with E-state index >= 15 is 0 Å². The Kier molecular flexibility index (Phi) is 7.20. The van der Waals surface area contributed by atoms with Crippen molar-refractivity contribution in [1.82, 2.24) is 10.2 Å². The van der Waals surface area contributed by atoms with Gasteiger partial charge in [-0.3, -0.25) is 0 Å². The number of hydrogen-bond donors (Lipinski definition) is 2. The molecule has 0 aromatic heterocycles. The second-order valence-corrected chi connectivity index (χ2v) is 5.47. The van der Waals surface area contributed by atoms with Gasteiger partial charge in [-0.15, -0.1) is 0 Å². The molecule has 0 aromatic carbocycles. The summed E-state index contributed by atoms with van der Waals surface area (Å²) in [6.45, 7) is 10.1. The van der Waals surface area contributed by atoms with Gasteiger partial charge < -0.3 is 15.3 Å². The van der Waals surface area contributed by atoms with Gasteiger partial charge in [0.25, 0.3) is 0 Å². The van der Waals surface area contributed by atoms with Crippen LogP contribution in [0.4, 0.5) is 0 Å². The normalized spacial score (nSPS) is 19.5. The van der Waals surface area contributed by atoms with Crippen LogP contribution in [0.3, 0.4) is 0 Å². The van der Waals surface area contributed by atoms with Gasteiger partial charge in [0.05, 0.1) is 6.61 Å². The van der Waals surface area contributed by atoms with Crippen LogP contribution in [0.1, 0.15) is 40.5 Å². The lowest BCUT2D eigenvalue weighted by atomic mass is 9.93. The van der Waals surface area contributed by atoms with E-state index in [1.54, 1.807) is 0 Å². The highest BCUT2D eigenvalue weighted by Crippen LogP contribution is 2.16. The van der Waals surface area contributed by atoms with Crippen molar-refractivity contribution in [3.8, 4) is 0 Å². The Hall–Kier alpha value is -0.120. The summed E-state index contributed by atoms with van der Waals surface area (Å²) < 4.78 is 0. The first-order chi connectivity index (χ1) is 7.38. The van der Waals surface area contributed by atoms with Crippen LogP contribution in [0.2, 0.25) is 0 Å². The zero-order chi connectivity index (χ0) is 12.8. The quantitative estimate of drug-likeness (QED) is 0.666. The van der Waals surface area contributed by atoms with Crippen LogP contribution in [0, 0.1) is 5.92 Å². The minimum absolute atomic E-state index is 0.164. The van der Waals surface area contributed by atoms with Gasteiger partial charge in [0.2, 0.25) is 0 Å². The van der Waals surface area contributed by atoms with Crippen molar-refractivity contribution in [2.24, 2.45) is 5.92 Å². The summed E-state index contributed by atoms with van der Waals surface area (Å²) in [5.41, 5.74) is -0.164. The van der Waals surface area contributed by atoms with E-state index in [0.717, 1.165) is 18.9 Å². The number of nitrogens with zero attached hydrogens (tertiary/aromatic N) is 1. The first-order valence-electron chi connectivity index (χ1n) is 6.38. The van der Waals surface area contributed by atoms with Crippen LogP contribution in [-0.2, 0) is 0 Å². The molecule has 3 nitrogen and oxygen atoms in total. The summed E-state index contributed by atoms with van der Waals surface area (Å²) in [7, 11) is 4.09. The van der Waals surface area contributed by atoms with E-state index in [1.807, 2.05) is 7.05 Å². The number of nitrogens with one attached hydrogen (secondary N) is 1. The minimum atomic E-state index is -0.164. The number of aliphatic hydroxyl groups excluding tert-OH is 1. The maximum Gasteiger partial charge on any atom is 0.0611 e. The fourth-order valence-electron chi connectivity index (χ4n) is 1.85. The lowest BCUT2D eigenvalue weighted by Crippen LogP contribution is -2.48. The summed E-state index contributed by atoms with van der Waals surface area (Å²) in [4.78, 5) is 2.39. The predicted octanol–water partition coefficient (Wildman–Crippen LogP) is 1.71. The topological polar surface area (TPSA) is 35.5 Å². The van der Waals surface area contributed by atoms with Gasteiger partial charge in [-0.2, -0.15) is 0 Å². The summed E-state index contributed by atoms with van der Waals surface area (Å²) in [6, 6.07) is 0.485. The number of likely N-dealkylation sites (N-methyl/N-ethyl adjacent to an activating group) is 1. The van der Waals surface area contributed by atoms with Gasteiger partial charge in [-0.25, -0.2) is 0 Å². The van der Waals surface area contributed by atoms with Crippen molar-refractivity contribution in [2.45, 2.75) is 52.1 Å². The van der Waals surface area contributed by atoms with Crippen molar-refractivity contribution >= 4 is 0 Å². The van der Waals surface area contributed by atoms with Crippen molar-refractivity contribution < 1.29 is 5.11 Å². The number of aliphatic hydroxyl groups is 1. The summed E-state index contributed by atoms with van der Waals surface area (Å²) >= 11 is 0. The smallest absolute Gasteiger partial charge is 0.0611 e. The summed E-state index contributed by atoms with van der Waals surface area (Å²) in [6.07, 6.45) is 2.19. The Labute approximate surface area is 101 Å². The Balaban J connectivity index is 4.18. The van der Waals surface area contributed by atoms with Gasteiger partial charge in [0.1, 0.15) is 0 Å². The second kappa shape index (κ2) is 7.25. The number of rotatable bonds is 8. The van der Waals surface area contributed by atoms with Gasteiger partial charge >= 0.3 is 0 Å². The molecule has 0 heterocycles. The Morgan fingerprint density at radius 3 is 2.31 bits per heavy atom. The molecule has 0 radical (unpaired) electrons.